The largest absolute Gasteiger partial charge is 0.452 e. The number of rotatable bonds is 7. The van der Waals surface area contributed by atoms with Crippen molar-refractivity contribution >= 4 is 23.2 Å². The van der Waals surface area contributed by atoms with Gasteiger partial charge in [0.05, 0.1) is 16.7 Å². The Kier molecular flexibility index (Phi) is 6.02. The molecule has 1 amide bonds. The first-order valence-corrected chi connectivity index (χ1v) is 10.3. The van der Waals surface area contributed by atoms with E-state index in [9.17, 15) is 9.59 Å². The number of para-hydroxylation sites is 1. The molecule has 8 heteroatoms. The first-order chi connectivity index (χ1) is 14.2. The molecule has 29 heavy (non-hydrogen) atoms. The van der Waals surface area contributed by atoms with E-state index >= 15 is 0 Å². The molecule has 1 saturated heterocycles. The normalized spacial score (nSPS) is 15.9. The predicted octanol–water partition coefficient (Wildman–Crippen LogP) is 3.05. The highest BCUT2D eigenvalue weighted by Crippen LogP contribution is 2.28. The molecule has 7 nitrogen and oxygen atoms in total. The van der Waals surface area contributed by atoms with E-state index in [2.05, 4.69) is 10.4 Å². The number of hydrogen-bond acceptors (Lipinski definition) is 6. The summed E-state index contributed by atoms with van der Waals surface area (Å²) in [6, 6.07) is 13.3. The number of thiophene rings is 1. The molecule has 0 bridgehead atoms. The van der Waals surface area contributed by atoms with Crippen LogP contribution >= 0.6 is 11.3 Å². The number of nitrogens with zero attached hydrogens (tertiary/aromatic N) is 2. The molecule has 1 aromatic carbocycles. The van der Waals surface area contributed by atoms with Gasteiger partial charge in [0.25, 0.3) is 5.91 Å². The highest BCUT2D eigenvalue weighted by Gasteiger charge is 2.22. The second-order valence-corrected chi connectivity index (χ2v) is 7.61. The average Bonchev–Trinajstić information content (AvgIpc) is 3.52. The second-order valence-electron chi connectivity index (χ2n) is 6.66. The van der Waals surface area contributed by atoms with Gasteiger partial charge in [0.2, 0.25) is 0 Å². The van der Waals surface area contributed by atoms with Gasteiger partial charge in [-0.1, -0.05) is 24.3 Å². The van der Waals surface area contributed by atoms with Crippen molar-refractivity contribution in [2.45, 2.75) is 18.9 Å². The van der Waals surface area contributed by atoms with Gasteiger partial charge in [0.1, 0.15) is 11.3 Å². The average molecular weight is 411 g/mol. The molecule has 150 valence electrons. The smallest absolute Gasteiger partial charge is 0.342 e. The third-order valence-corrected chi connectivity index (χ3v) is 5.47. The topological polar surface area (TPSA) is 82.5 Å². The summed E-state index contributed by atoms with van der Waals surface area (Å²) in [5.74, 6) is -0.926. The summed E-state index contributed by atoms with van der Waals surface area (Å²) in [5, 5.41) is 9.23. The van der Waals surface area contributed by atoms with E-state index in [1.807, 2.05) is 47.8 Å². The number of hydrogen-bond donors (Lipinski definition) is 1. The zero-order valence-electron chi connectivity index (χ0n) is 15.7. The number of amides is 1. The summed E-state index contributed by atoms with van der Waals surface area (Å²) < 4.78 is 12.4. The standard InChI is InChI=1S/C21H21N3O4S/c25-19(22-12-16-8-4-10-27-16)14-28-21(26)17-13-24(15-6-2-1-3-7-15)23-20(17)18-9-5-11-29-18/h1-3,5-7,9,11,13,16H,4,8,10,12,14H2,(H,22,25)/t16-/m0/s1. The second kappa shape index (κ2) is 9.02. The van der Waals surface area contributed by atoms with Crippen LogP contribution in [0.1, 0.15) is 23.2 Å². The molecule has 0 radical (unpaired) electrons. The quantitative estimate of drug-likeness (QED) is 0.604. The van der Waals surface area contributed by atoms with Gasteiger partial charge in [-0.15, -0.1) is 11.3 Å². The Morgan fingerprint density at radius 1 is 1.24 bits per heavy atom. The van der Waals surface area contributed by atoms with E-state index in [1.54, 1.807) is 10.9 Å². The highest BCUT2D eigenvalue weighted by atomic mass is 32.1. The van der Waals surface area contributed by atoms with E-state index in [0.29, 0.717) is 17.8 Å². The van der Waals surface area contributed by atoms with E-state index in [4.69, 9.17) is 9.47 Å². The summed E-state index contributed by atoms with van der Waals surface area (Å²) in [5.41, 5.74) is 1.69. The van der Waals surface area contributed by atoms with E-state index in [0.717, 1.165) is 30.0 Å². The third kappa shape index (κ3) is 4.72. The lowest BCUT2D eigenvalue weighted by atomic mass is 10.2. The fourth-order valence-electron chi connectivity index (χ4n) is 3.12. The van der Waals surface area contributed by atoms with Crippen LogP contribution in [-0.4, -0.2) is 47.5 Å². The van der Waals surface area contributed by atoms with Crippen molar-refractivity contribution < 1.29 is 19.1 Å². The Bertz CT molecular complexity index is 963. The highest BCUT2D eigenvalue weighted by molar-refractivity contribution is 7.13. The summed E-state index contributed by atoms with van der Waals surface area (Å²) in [7, 11) is 0. The van der Waals surface area contributed by atoms with Crippen LogP contribution in [0.2, 0.25) is 0 Å². The molecular weight excluding hydrogens is 390 g/mol. The van der Waals surface area contributed by atoms with Crippen molar-refractivity contribution in [1.82, 2.24) is 15.1 Å². The fraction of sp³-hybridized carbons (Fsp3) is 0.286. The Morgan fingerprint density at radius 3 is 2.83 bits per heavy atom. The van der Waals surface area contributed by atoms with Gasteiger partial charge >= 0.3 is 5.97 Å². The first-order valence-electron chi connectivity index (χ1n) is 9.45. The van der Waals surface area contributed by atoms with Crippen molar-refractivity contribution in [3.05, 3.63) is 59.6 Å². The fourth-order valence-corrected chi connectivity index (χ4v) is 3.85. The molecule has 4 rings (SSSR count). The number of esters is 1. The lowest BCUT2D eigenvalue weighted by Crippen LogP contribution is -2.34. The number of aromatic nitrogens is 2. The van der Waals surface area contributed by atoms with Crippen LogP contribution in [0.3, 0.4) is 0 Å². The van der Waals surface area contributed by atoms with Gasteiger partial charge in [-0.2, -0.15) is 5.10 Å². The zero-order chi connectivity index (χ0) is 20.1. The van der Waals surface area contributed by atoms with Crippen LogP contribution in [0.25, 0.3) is 16.3 Å². The Balaban J connectivity index is 1.45. The molecule has 1 aliphatic rings. The van der Waals surface area contributed by atoms with E-state index < -0.39 is 5.97 Å². The van der Waals surface area contributed by atoms with Crippen LogP contribution in [0.15, 0.2) is 54.0 Å². The van der Waals surface area contributed by atoms with Crippen molar-refractivity contribution in [1.29, 1.82) is 0 Å². The van der Waals surface area contributed by atoms with Crippen molar-refractivity contribution in [2.75, 3.05) is 19.8 Å². The number of carbonyl (C=O) groups is 2. The molecule has 0 saturated carbocycles. The molecule has 3 aromatic rings. The summed E-state index contributed by atoms with van der Waals surface area (Å²) in [6.45, 7) is 0.821. The van der Waals surface area contributed by atoms with Crippen molar-refractivity contribution in [3.8, 4) is 16.3 Å². The van der Waals surface area contributed by atoms with Gasteiger partial charge < -0.3 is 14.8 Å². The Hall–Kier alpha value is -2.97. The summed E-state index contributed by atoms with van der Waals surface area (Å²) in [6.07, 6.45) is 3.62. The molecular formula is C21H21N3O4S. The Labute approximate surface area is 172 Å². The maximum Gasteiger partial charge on any atom is 0.342 e. The van der Waals surface area contributed by atoms with E-state index in [-0.39, 0.29) is 18.6 Å². The molecule has 1 N–H and O–H groups in total. The van der Waals surface area contributed by atoms with Crippen LogP contribution in [0.5, 0.6) is 0 Å². The third-order valence-electron chi connectivity index (χ3n) is 4.59. The number of ether oxygens (including phenoxy) is 2. The minimum absolute atomic E-state index is 0.0455. The number of nitrogens with one attached hydrogen (secondary N) is 1. The van der Waals surface area contributed by atoms with E-state index in [1.165, 1.54) is 11.3 Å². The molecule has 0 spiro atoms. The van der Waals surface area contributed by atoms with Gasteiger partial charge in [-0.3, -0.25) is 4.79 Å². The maximum absolute atomic E-state index is 12.7. The molecule has 1 atom stereocenters. The predicted molar refractivity (Wildman–Crippen MR) is 109 cm³/mol. The Morgan fingerprint density at radius 2 is 2.10 bits per heavy atom. The SMILES string of the molecule is O=C(COC(=O)c1cn(-c2ccccc2)nc1-c1cccs1)NC[C@@H]1CCCO1. The minimum atomic E-state index is -0.581. The van der Waals surface area contributed by atoms with Crippen LogP contribution in [0.4, 0.5) is 0 Å². The first kappa shape index (κ1) is 19.4. The minimum Gasteiger partial charge on any atom is -0.452 e. The monoisotopic (exact) mass is 411 g/mol. The van der Waals surface area contributed by atoms with Crippen LogP contribution in [0, 0.1) is 0 Å². The van der Waals surface area contributed by atoms with Crippen LogP contribution < -0.4 is 5.32 Å². The molecule has 1 fully saturated rings. The van der Waals surface area contributed by atoms with Gasteiger partial charge in [-0.25, -0.2) is 9.48 Å². The number of carbonyl (C=O) groups excluding carboxylic acids is 2. The lowest BCUT2D eigenvalue weighted by molar-refractivity contribution is -0.124. The van der Waals surface area contributed by atoms with Gasteiger partial charge in [0.15, 0.2) is 6.61 Å². The van der Waals surface area contributed by atoms with Crippen molar-refractivity contribution in [2.24, 2.45) is 0 Å². The molecule has 3 heterocycles. The van der Waals surface area contributed by atoms with Crippen molar-refractivity contribution in [3.63, 3.8) is 0 Å². The van der Waals surface area contributed by atoms with Gasteiger partial charge in [0, 0.05) is 19.3 Å². The molecule has 0 aliphatic carbocycles. The molecule has 0 unspecified atom stereocenters. The van der Waals surface area contributed by atoms with Gasteiger partial charge in [-0.05, 0) is 36.4 Å². The summed E-state index contributed by atoms with van der Waals surface area (Å²) >= 11 is 1.49. The maximum atomic E-state index is 12.7. The lowest BCUT2D eigenvalue weighted by Gasteiger charge is -2.10. The molecule has 2 aromatic heterocycles. The summed E-state index contributed by atoms with van der Waals surface area (Å²) in [4.78, 5) is 25.6. The molecule has 1 aliphatic heterocycles. The van der Waals surface area contributed by atoms with Crippen LogP contribution in [-0.2, 0) is 14.3 Å². The zero-order valence-corrected chi connectivity index (χ0v) is 16.6. The number of benzene rings is 1.